The average Bonchev–Trinajstić information content (AvgIpc) is 2.08. The fourth-order valence-corrected chi connectivity index (χ4v) is 1.03. The number of hydrogen-bond donors (Lipinski definition) is 1. The molecule has 0 aliphatic heterocycles. The molecule has 0 aromatic heterocycles. The van der Waals surface area contributed by atoms with Crippen molar-refractivity contribution in [2.75, 3.05) is 0 Å². The van der Waals surface area contributed by atoms with Gasteiger partial charge < -0.3 is 5.73 Å². The quantitative estimate of drug-likeness (QED) is 0.683. The summed E-state index contributed by atoms with van der Waals surface area (Å²) in [7, 11) is 0. The van der Waals surface area contributed by atoms with Gasteiger partial charge in [-0.15, -0.1) is 0 Å². The monoisotopic (exact) mass is 164 g/mol. The van der Waals surface area contributed by atoms with Gasteiger partial charge in [0.15, 0.2) is 0 Å². The third kappa shape index (κ3) is 1.44. The Bertz CT molecular complexity index is 338. The first-order valence-electron chi connectivity index (χ1n) is 3.58. The number of halogens is 1. The SMILES string of the molecule is Cc1cc(C#N)c(F)cc1CN. The fraction of sp³-hybridized carbons (Fsp3) is 0.222. The second kappa shape index (κ2) is 3.33. The molecule has 0 saturated heterocycles. The van der Waals surface area contributed by atoms with Gasteiger partial charge >= 0.3 is 0 Å². The van der Waals surface area contributed by atoms with Crippen molar-refractivity contribution in [3.8, 4) is 6.07 Å². The number of aryl methyl sites for hydroxylation is 1. The highest BCUT2D eigenvalue weighted by atomic mass is 19.1. The first kappa shape index (κ1) is 8.69. The second-order valence-electron chi connectivity index (χ2n) is 2.57. The van der Waals surface area contributed by atoms with Crippen molar-refractivity contribution in [2.24, 2.45) is 5.73 Å². The Morgan fingerprint density at radius 2 is 2.25 bits per heavy atom. The van der Waals surface area contributed by atoms with E-state index in [1.54, 1.807) is 6.07 Å². The number of nitriles is 1. The third-order valence-corrected chi connectivity index (χ3v) is 1.77. The van der Waals surface area contributed by atoms with Crippen molar-refractivity contribution in [3.05, 3.63) is 34.6 Å². The molecule has 0 aliphatic rings. The summed E-state index contributed by atoms with van der Waals surface area (Å²) in [5.41, 5.74) is 7.03. The molecule has 1 aromatic carbocycles. The Kier molecular flexibility index (Phi) is 2.41. The molecular formula is C9H9FN2. The molecule has 1 aromatic rings. The van der Waals surface area contributed by atoms with Gasteiger partial charge in [0.25, 0.3) is 0 Å². The molecule has 0 atom stereocenters. The van der Waals surface area contributed by atoms with Crippen LogP contribution in [0, 0.1) is 24.1 Å². The molecular weight excluding hydrogens is 155 g/mol. The Balaban J connectivity index is 3.28. The smallest absolute Gasteiger partial charge is 0.141 e. The lowest BCUT2D eigenvalue weighted by atomic mass is 10.1. The second-order valence-corrected chi connectivity index (χ2v) is 2.57. The van der Waals surface area contributed by atoms with Crippen LogP contribution < -0.4 is 5.73 Å². The van der Waals surface area contributed by atoms with Crippen molar-refractivity contribution >= 4 is 0 Å². The molecule has 0 saturated carbocycles. The number of rotatable bonds is 1. The summed E-state index contributed by atoms with van der Waals surface area (Å²) in [4.78, 5) is 0. The molecule has 0 unspecified atom stereocenters. The van der Waals surface area contributed by atoms with Gasteiger partial charge in [0.2, 0.25) is 0 Å². The van der Waals surface area contributed by atoms with Crippen molar-refractivity contribution in [1.82, 2.24) is 0 Å². The predicted molar refractivity (Wildman–Crippen MR) is 43.7 cm³/mol. The summed E-state index contributed by atoms with van der Waals surface area (Å²) >= 11 is 0. The van der Waals surface area contributed by atoms with Gasteiger partial charge in [0.1, 0.15) is 11.9 Å². The molecule has 62 valence electrons. The van der Waals surface area contributed by atoms with Crippen LogP contribution in [0.3, 0.4) is 0 Å². The number of nitrogens with zero attached hydrogens (tertiary/aromatic N) is 1. The lowest BCUT2D eigenvalue weighted by molar-refractivity contribution is 0.621. The van der Waals surface area contributed by atoms with Crippen molar-refractivity contribution in [1.29, 1.82) is 5.26 Å². The van der Waals surface area contributed by atoms with Gasteiger partial charge in [0.05, 0.1) is 5.56 Å². The van der Waals surface area contributed by atoms with Gasteiger partial charge in [-0.05, 0) is 30.2 Å². The Hall–Kier alpha value is -1.40. The molecule has 0 bridgehead atoms. The van der Waals surface area contributed by atoms with Crippen LogP contribution in [0.2, 0.25) is 0 Å². The van der Waals surface area contributed by atoms with E-state index in [-0.39, 0.29) is 5.56 Å². The Morgan fingerprint density at radius 3 is 2.75 bits per heavy atom. The summed E-state index contributed by atoms with van der Waals surface area (Å²) in [6, 6.07) is 4.60. The first-order chi connectivity index (χ1) is 5.69. The van der Waals surface area contributed by atoms with Gasteiger partial charge in [-0.2, -0.15) is 5.26 Å². The molecule has 0 aliphatic carbocycles. The molecule has 3 heteroatoms. The molecule has 0 heterocycles. The maximum Gasteiger partial charge on any atom is 0.141 e. The minimum Gasteiger partial charge on any atom is -0.326 e. The maximum absolute atomic E-state index is 12.9. The van der Waals surface area contributed by atoms with E-state index in [1.807, 2.05) is 6.92 Å². The van der Waals surface area contributed by atoms with E-state index in [9.17, 15) is 4.39 Å². The molecule has 0 spiro atoms. The number of benzene rings is 1. The highest BCUT2D eigenvalue weighted by Gasteiger charge is 2.04. The van der Waals surface area contributed by atoms with Gasteiger partial charge in [-0.3, -0.25) is 0 Å². The normalized spacial score (nSPS) is 9.50. The van der Waals surface area contributed by atoms with Crippen molar-refractivity contribution < 1.29 is 4.39 Å². The average molecular weight is 164 g/mol. The largest absolute Gasteiger partial charge is 0.326 e. The molecule has 2 N–H and O–H groups in total. The summed E-state index contributed by atoms with van der Waals surface area (Å²) in [5.74, 6) is -0.497. The molecule has 1 rings (SSSR count). The molecule has 2 nitrogen and oxygen atoms in total. The van der Waals surface area contributed by atoms with E-state index in [0.29, 0.717) is 6.54 Å². The summed E-state index contributed by atoms with van der Waals surface area (Å²) in [5, 5.41) is 8.49. The molecule has 12 heavy (non-hydrogen) atoms. The van der Waals surface area contributed by atoms with Crippen LogP contribution in [0.15, 0.2) is 12.1 Å². The molecule has 0 radical (unpaired) electrons. The van der Waals surface area contributed by atoms with Crippen molar-refractivity contribution in [3.63, 3.8) is 0 Å². The minimum atomic E-state index is -0.497. The fourth-order valence-electron chi connectivity index (χ4n) is 1.03. The van der Waals surface area contributed by atoms with Gasteiger partial charge in [-0.1, -0.05) is 0 Å². The van der Waals surface area contributed by atoms with E-state index in [1.165, 1.54) is 12.1 Å². The summed E-state index contributed by atoms with van der Waals surface area (Å²) < 4.78 is 12.9. The highest BCUT2D eigenvalue weighted by molar-refractivity contribution is 5.38. The van der Waals surface area contributed by atoms with Crippen LogP contribution in [0.1, 0.15) is 16.7 Å². The van der Waals surface area contributed by atoms with Crippen LogP contribution in [-0.4, -0.2) is 0 Å². The van der Waals surface area contributed by atoms with E-state index < -0.39 is 5.82 Å². The van der Waals surface area contributed by atoms with Crippen LogP contribution in [0.4, 0.5) is 4.39 Å². The zero-order valence-corrected chi connectivity index (χ0v) is 6.76. The summed E-state index contributed by atoms with van der Waals surface area (Å²) in [6.45, 7) is 2.11. The van der Waals surface area contributed by atoms with Crippen molar-refractivity contribution in [2.45, 2.75) is 13.5 Å². The number of hydrogen-bond acceptors (Lipinski definition) is 2. The first-order valence-corrected chi connectivity index (χ1v) is 3.58. The van der Waals surface area contributed by atoms with E-state index in [4.69, 9.17) is 11.0 Å². The van der Waals surface area contributed by atoms with Gasteiger partial charge in [0, 0.05) is 6.54 Å². The van der Waals surface area contributed by atoms with Crippen LogP contribution in [0.5, 0.6) is 0 Å². The minimum absolute atomic E-state index is 0.0738. The third-order valence-electron chi connectivity index (χ3n) is 1.77. The van der Waals surface area contributed by atoms with Crippen LogP contribution in [-0.2, 0) is 6.54 Å². The van der Waals surface area contributed by atoms with Gasteiger partial charge in [-0.25, -0.2) is 4.39 Å². The van der Waals surface area contributed by atoms with E-state index >= 15 is 0 Å². The van der Waals surface area contributed by atoms with Crippen LogP contribution >= 0.6 is 0 Å². The standard InChI is InChI=1S/C9H9FN2/c1-6-2-8(5-12)9(10)3-7(6)4-11/h2-3H,4,11H2,1H3. The van der Waals surface area contributed by atoms with E-state index in [2.05, 4.69) is 0 Å². The Morgan fingerprint density at radius 1 is 1.58 bits per heavy atom. The Labute approximate surface area is 70.4 Å². The topological polar surface area (TPSA) is 49.8 Å². The zero-order chi connectivity index (χ0) is 9.14. The lowest BCUT2D eigenvalue weighted by Crippen LogP contribution is -2.01. The van der Waals surface area contributed by atoms with E-state index in [0.717, 1.165) is 11.1 Å². The van der Waals surface area contributed by atoms with Crippen LogP contribution in [0.25, 0.3) is 0 Å². The lowest BCUT2D eigenvalue weighted by Gasteiger charge is -2.03. The zero-order valence-electron chi connectivity index (χ0n) is 6.76. The highest BCUT2D eigenvalue weighted by Crippen LogP contribution is 2.13. The maximum atomic E-state index is 12.9. The summed E-state index contributed by atoms with van der Waals surface area (Å²) in [6.07, 6.45) is 0. The molecule has 0 fully saturated rings. The molecule has 0 amide bonds. The predicted octanol–water partition coefficient (Wildman–Crippen LogP) is 1.46. The number of nitrogens with two attached hydrogens (primary N) is 1.